The fraction of sp³-hybridized carbons (Fsp3) is 0.741. The molecule has 3 fully saturated rings. The third-order valence-electron chi connectivity index (χ3n) is 9.68. The number of rotatable bonds is 6. The summed E-state index contributed by atoms with van der Waals surface area (Å²) in [5.41, 5.74) is -1.52. The molecule has 34 heavy (non-hydrogen) atoms. The molecule has 0 unspecified atom stereocenters. The van der Waals surface area contributed by atoms with Crippen molar-refractivity contribution in [1.82, 2.24) is 0 Å². The van der Waals surface area contributed by atoms with Crippen LogP contribution in [-0.4, -0.2) is 39.3 Å². The van der Waals surface area contributed by atoms with Gasteiger partial charge in [0.25, 0.3) is 0 Å². The molecule has 0 aliphatic heterocycles. The molecule has 0 aromatic heterocycles. The van der Waals surface area contributed by atoms with Crippen LogP contribution >= 0.6 is 34.8 Å². The van der Waals surface area contributed by atoms with Crippen LogP contribution in [0.5, 0.6) is 0 Å². The second kappa shape index (κ2) is 8.92. The molecule has 0 spiro atoms. The summed E-state index contributed by atoms with van der Waals surface area (Å²) in [6, 6.07) is 0. The van der Waals surface area contributed by atoms with Gasteiger partial charge < -0.3 is 4.74 Å². The van der Waals surface area contributed by atoms with E-state index in [1.807, 2.05) is 19.9 Å². The van der Waals surface area contributed by atoms with Gasteiger partial charge in [-0.15, -0.1) is 34.8 Å². The Balaban J connectivity index is 1.80. The van der Waals surface area contributed by atoms with Crippen molar-refractivity contribution in [3.8, 4) is 0 Å². The molecule has 3 saturated carbocycles. The molecule has 0 N–H and O–H groups in total. The third-order valence-corrected chi connectivity index (χ3v) is 11.5. The van der Waals surface area contributed by atoms with E-state index in [1.54, 1.807) is 12.2 Å². The van der Waals surface area contributed by atoms with Crippen molar-refractivity contribution in [2.75, 3.05) is 5.88 Å². The Kier molecular flexibility index (Phi) is 6.88. The molecule has 7 heteroatoms. The molecule has 0 amide bonds. The van der Waals surface area contributed by atoms with Crippen LogP contribution in [0.25, 0.3) is 0 Å². The van der Waals surface area contributed by atoms with Gasteiger partial charge in [0.05, 0.1) is 16.1 Å². The number of unbranched alkanes of at least 4 members (excludes halogenated alkanes) is 1. The average Bonchev–Trinajstić information content (AvgIpc) is 3.00. The van der Waals surface area contributed by atoms with E-state index < -0.39 is 26.7 Å². The normalized spacial score (nSPS) is 45.1. The summed E-state index contributed by atoms with van der Waals surface area (Å²) in [5.74, 6) is -0.991. The van der Waals surface area contributed by atoms with Gasteiger partial charge in [0.15, 0.2) is 17.2 Å². The quantitative estimate of drug-likeness (QED) is 0.295. The fourth-order valence-corrected chi connectivity index (χ4v) is 9.42. The van der Waals surface area contributed by atoms with Crippen molar-refractivity contribution in [2.45, 2.75) is 88.5 Å². The molecule has 0 heterocycles. The van der Waals surface area contributed by atoms with E-state index in [1.165, 1.54) is 0 Å². The molecule has 4 aliphatic rings. The van der Waals surface area contributed by atoms with Gasteiger partial charge in [-0.1, -0.05) is 45.8 Å². The lowest BCUT2D eigenvalue weighted by Crippen LogP contribution is -2.68. The zero-order valence-corrected chi connectivity index (χ0v) is 22.7. The Hall–Kier alpha value is -0.840. The first-order chi connectivity index (χ1) is 15.9. The van der Waals surface area contributed by atoms with Crippen LogP contribution in [0.2, 0.25) is 0 Å². The highest BCUT2D eigenvalue weighted by molar-refractivity contribution is 6.34. The van der Waals surface area contributed by atoms with Crippen LogP contribution in [0.3, 0.4) is 0 Å². The number of ketones is 2. The lowest BCUT2D eigenvalue weighted by molar-refractivity contribution is -0.192. The van der Waals surface area contributed by atoms with E-state index in [0.29, 0.717) is 19.3 Å². The zero-order valence-electron chi connectivity index (χ0n) is 20.5. The largest absolute Gasteiger partial charge is 0.450 e. The number of alkyl halides is 3. The Morgan fingerprint density at radius 1 is 1.24 bits per heavy atom. The minimum absolute atomic E-state index is 0.00258. The highest BCUT2D eigenvalue weighted by Crippen LogP contribution is 2.73. The highest BCUT2D eigenvalue weighted by Gasteiger charge is 2.76. The Labute approximate surface area is 217 Å². The van der Waals surface area contributed by atoms with Gasteiger partial charge >= 0.3 is 5.97 Å². The number of ether oxygens (including phenoxy) is 1. The van der Waals surface area contributed by atoms with Crippen molar-refractivity contribution in [2.24, 2.45) is 28.6 Å². The molecule has 8 atom stereocenters. The first-order valence-electron chi connectivity index (χ1n) is 12.5. The van der Waals surface area contributed by atoms with Crippen molar-refractivity contribution < 1.29 is 19.1 Å². The average molecular weight is 530 g/mol. The number of carbonyl (C=O) groups excluding carboxylic acids is 3. The number of allylic oxidation sites excluding steroid dienone is 4. The zero-order chi connectivity index (χ0) is 25.1. The monoisotopic (exact) mass is 528 g/mol. The van der Waals surface area contributed by atoms with E-state index in [9.17, 15) is 14.4 Å². The summed E-state index contributed by atoms with van der Waals surface area (Å²) in [6.45, 7) is 8.15. The summed E-state index contributed by atoms with van der Waals surface area (Å²) >= 11 is 21.0. The lowest BCUT2D eigenvalue weighted by atomic mass is 9.46. The Morgan fingerprint density at radius 3 is 2.59 bits per heavy atom. The molecule has 0 bridgehead atoms. The molecule has 0 aromatic rings. The van der Waals surface area contributed by atoms with Crippen LogP contribution in [0.1, 0.15) is 72.6 Å². The summed E-state index contributed by atoms with van der Waals surface area (Å²) < 4.78 is 6.20. The second-order valence-electron chi connectivity index (χ2n) is 11.2. The third kappa shape index (κ3) is 3.34. The topological polar surface area (TPSA) is 60.4 Å². The molecular formula is C27H35Cl3O4. The molecule has 4 aliphatic carbocycles. The summed E-state index contributed by atoms with van der Waals surface area (Å²) in [5, 5.41) is -0.492. The maximum absolute atomic E-state index is 13.5. The molecular weight excluding hydrogens is 495 g/mol. The predicted octanol–water partition coefficient (Wildman–Crippen LogP) is 6.40. The van der Waals surface area contributed by atoms with Crippen molar-refractivity contribution in [3.05, 3.63) is 23.8 Å². The molecule has 4 rings (SSSR count). The van der Waals surface area contributed by atoms with E-state index in [0.717, 1.165) is 24.8 Å². The smallest absolute Gasteiger partial charge is 0.306 e. The van der Waals surface area contributed by atoms with E-state index in [4.69, 9.17) is 39.5 Å². The van der Waals surface area contributed by atoms with Crippen LogP contribution in [0, 0.1) is 28.6 Å². The van der Waals surface area contributed by atoms with Gasteiger partial charge in [-0.3, -0.25) is 14.4 Å². The SMILES string of the molecule is CCCCC(=O)O[C@@]1(C(=O)CCl)[C@H](C)C[C@H]2[C@@H]3CCC4=CC(=O)C=C[C@]4(C)[C@@]3(Cl)[C@@H](Cl)C[C@@]21C. The molecule has 0 aromatic carbocycles. The van der Waals surface area contributed by atoms with E-state index >= 15 is 0 Å². The van der Waals surface area contributed by atoms with Gasteiger partial charge in [0.1, 0.15) is 0 Å². The number of Topliss-reactive ketones (excluding diaryl/α,β-unsaturated/α-hetero) is 1. The Morgan fingerprint density at radius 2 is 1.94 bits per heavy atom. The van der Waals surface area contributed by atoms with E-state index in [2.05, 4.69) is 13.8 Å². The first kappa shape index (κ1) is 26.2. The van der Waals surface area contributed by atoms with E-state index in [-0.39, 0.29) is 47.6 Å². The molecule has 4 nitrogen and oxygen atoms in total. The standard InChI is InChI=1S/C27H35Cl3O4/c1-5-6-7-23(33)34-27(22(32)15-28)16(2)12-20-19-9-8-17-13-18(31)10-11-24(17,3)26(19,30)21(29)14-25(20,27)4/h10-11,13,16,19-21H,5-9,12,14-15H2,1-4H3/t16-,19+,20+,21+,24+,25+,26+,27-/m1/s1. The minimum atomic E-state index is -1.31. The van der Waals surface area contributed by atoms with Crippen LogP contribution in [0.4, 0.5) is 0 Å². The maximum atomic E-state index is 13.5. The Bertz CT molecular complexity index is 960. The first-order valence-corrected chi connectivity index (χ1v) is 13.9. The second-order valence-corrected chi connectivity index (χ2v) is 12.6. The number of halogens is 3. The summed E-state index contributed by atoms with van der Waals surface area (Å²) in [4.78, 5) is 37.8. The maximum Gasteiger partial charge on any atom is 0.306 e. The minimum Gasteiger partial charge on any atom is -0.450 e. The number of fused-ring (bicyclic) bond motifs is 5. The van der Waals surface area contributed by atoms with Crippen molar-refractivity contribution >= 4 is 52.3 Å². The van der Waals surface area contributed by atoms with Crippen LogP contribution < -0.4 is 0 Å². The number of carbonyl (C=O) groups is 3. The summed E-state index contributed by atoms with van der Waals surface area (Å²) in [7, 11) is 0. The predicted molar refractivity (Wildman–Crippen MR) is 135 cm³/mol. The van der Waals surface area contributed by atoms with Crippen molar-refractivity contribution in [1.29, 1.82) is 0 Å². The van der Waals surface area contributed by atoms with Gasteiger partial charge in [-0.05, 0) is 56.1 Å². The molecule has 0 saturated heterocycles. The number of hydrogen-bond acceptors (Lipinski definition) is 4. The molecule has 188 valence electrons. The van der Waals surface area contributed by atoms with Gasteiger partial charge in [0, 0.05) is 23.2 Å². The lowest BCUT2D eigenvalue weighted by Gasteiger charge is -2.64. The van der Waals surface area contributed by atoms with Gasteiger partial charge in [0.2, 0.25) is 0 Å². The van der Waals surface area contributed by atoms with Crippen LogP contribution in [-0.2, 0) is 19.1 Å². The summed E-state index contributed by atoms with van der Waals surface area (Å²) in [6.07, 6.45) is 9.77. The van der Waals surface area contributed by atoms with Gasteiger partial charge in [-0.25, -0.2) is 0 Å². The highest BCUT2D eigenvalue weighted by atomic mass is 35.5. The van der Waals surface area contributed by atoms with Crippen molar-refractivity contribution in [3.63, 3.8) is 0 Å². The van der Waals surface area contributed by atoms with Crippen LogP contribution in [0.15, 0.2) is 23.8 Å². The van der Waals surface area contributed by atoms with Gasteiger partial charge in [-0.2, -0.15) is 0 Å². The fourth-order valence-electron chi connectivity index (χ4n) is 7.98. The molecule has 0 radical (unpaired) electrons. The number of hydrogen-bond donors (Lipinski definition) is 0. The number of esters is 1.